The van der Waals surface area contributed by atoms with E-state index >= 15 is 0 Å². The van der Waals surface area contributed by atoms with Gasteiger partial charge in [-0.1, -0.05) is 20.8 Å². The number of hydrogen-bond donors (Lipinski definition) is 2. The molecule has 0 radical (unpaired) electrons. The lowest BCUT2D eigenvalue weighted by Gasteiger charge is -2.06. The van der Waals surface area contributed by atoms with Crippen molar-refractivity contribution in [3.05, 3.63) is 12.4 Å². The van der Waals surface area contributed by atoms with Gasteiger partial charge in [0.15, 0.2) is 0 Å². The van der Waals surface area contributed by atoms with Gasteiger partial charge in [0.2, 0.25) is 10.0 Å². The fraction of sp³-hybridized carbons (Fsp3) is 0.769. The van der Waals surface area contributed by atoms with Crippen molar-refractivity contribution < 1.29 is 8.42 Å². The molecule has 0 aliphatic heterocycles. The van der Waals surface area contributed by atoms with Crippen molar-refractivity contribution in [2.75, 3.05) is 19.6 Å². The van der Waals surface area contributed by atoms with Crippen LogP contribution in [0.1, 0.15) is 27.2 Å². The maximum Gasteiger partial charge on any atom is 0.243 e. The molecule has 0 saturated heterocycles. The van der Waals surface area contributed by atoms with E-state index < -0.39 is 10.0 Å². The Labute approximate surface area is 121 Å². The first-order valence-electron chi connectivity index (χ1n) is 7.08. The van der Waals surface area contributed by atoms with Gasteiger partial charge in [-0.2, -0.15) is 5.10 Å². The summed E-state index contributed by atoms with van der Waals surface area (Å²) in [6, 6.07) is 0. The summed E-state index contributed by atoms with van der Waals surface area (Å²) < 4.78 is 28.6. The zero-order chi connectivity index (χ0) is 14.8. The average Bonchev–Trinajstić information content (AvgIpc) is 2.77. The molecular weight excluding hydrogens is 276 g/mol. The summed E-state index contributed by atoms with van der Waals surface area (Å²) in [5, 5.41) is 7.26. The molecule has 1 fully saturated rings. The molecule has 1 aliphatic rings. The fourth-order valence-corrected chi connectivity index (χ4v) is 3.23. The smallest absolute Gasteiger partial charge is 0.243 e. The highest BCUT2D eigenvalue weighted by Gasteiger charge is 2.45. The molecule has 1 unspecified atom stereocenters. The van der Waals surface area contributed by atoms with E-state index in [0.29, 0.717) is 19.0 Å². The molecule has 1 heterocycles. The Morgan fingerprint density at radius 3 is 2.80 bits per heavy atom. The van der Waals surface area contributed by atoms with Gasteiger partial charge in [-0.3, -0.25) is 4.68 Å². The van der Waals surface area contributed by atoms with E-state index in [9.17, 15) is 8.42 Å². The lowest BCUT2D eigenvalue weighted by atomic mass is 10.1. The van der Waals surface area contributed by atoms with Gasteiger partial charge >= 0.3 is 0 Å². The first-order valence-corrected chi connectivity index (χ1v) is 8.56. The van der Waals surface area contributed by atoms with Gasteiger partial charge in [-0.15, -0.1) is 0 Å². The van der Waals surface area contributed by atoms with E-state index in [0.717, 1.165) is 19.5 Å². The molecule has 7 heteroatoms. The quantitative estimate of drug-likeness (QED) is 0.697. The first kappa shape index (κ1) is 15.5. The minimum atomic E-state index is -3.43. The minimum absolute atomic E-state index is 0.243. The number of nitrogens with one attached hydrogen (secondary N) is 2. The first-order chi connectivity index (χ1) is 9.35. The molecule has 0 aromatic carbocycles. The number of nitrogens with zero attached hydrogens (tertiary/aromatic N) is 2. The molecule has 2 N–H and O–H groups in total. The molecule has 1 aromatic heterocycles. The van der Waals surface area contributed by atoms with Crippen LogP contribution in [0.15, 0.2) is 17.3 Å². The lowest BCUT2D eigenvalue weighted by molar-refractivity contribution is 0.537. The SMILES string of the molecule is CCNCCn1cc(S(=O)(=O)NCC2CC2(C)C)cn1. The molecule has 2 rings (SSSR count). The van der Waals surface area contributed by atoms with E-state index in [4.69, 9.17) is 0 Å². The molecule has 20 heavy (non-hydrogen) atoms. The van der Waals surface area contributed by atoms with Gasteiger partial charge in [0.05, 0.1) is 12.7 Å². The maximum atomic E-state index is 12.1. The normalized spacial score (nSPS) is 21.1. The Morgan fingerprint density at radius 2 is 2.20 bits per heavy atom. The summed E-state index contributed by atoms with van der Waals surface area (Å²) in [6.07, 6.45) is 4.07. The average molecular weight is 300 g/mol. The van der Waals surface area contributed by atoms with Gasteiger partial charge in [0, 0.05) is 19.3 Å². The Kier molecular flexibility index (Phi) is 4.51. The van der Waals surface area contributed by atoms with Gasteiger partial charge in [-0.25, -0.2) is 13.1 Å². The zero-order valence-corrected chi connectivity index (χ0v) is 13.2. The third-order valence-corrected chi connectivity index (χ3v) is 5.30. The van der Waals surface area contributed by atoms with Crippen LogP contribution in [0.25, 0.3) is 0 Å². The topological polar surface area (TPSA) is 76.0 Å². The van der Waals surface area contributed by atoms with Crippen LogP contribution < -0.4 is 10.0 Å². The maximum absolute atomic E-state index is 12.1. The predicted octanol–water partition coefficient (Wildman–Crippen LogP) is 0.817. The highest BCUT2D eigenvalue weighted by molar-refractivity contribution is 7.89. The van der Waals surface area contributed by atoms with Gasteiger partial charge in [-0.05, 0) is 24.3 Å². The molecule has 0 bridgehead atoms. The Morgan fingerprint density at radius 1 is 1.50 bits per heavy atom. The third-order valence-electron chi connectivity index (χ3n) is 3.92. The molecule has 1 atom stereocenters. The van der Waals surface area contributed by atoms with E-state index in [1.165, 1.54) is 6.20 Å². The Balaban J connectivity index is 1.89. The van der Waals surface area contributed by atoms with Crippen molar-refractivity contribution >= 4 is 10.0 Å². The van der Waals surface area contributed by atoms with Crippen LogP contribution in [0.4, 0.5) is 0 Å². The zero-order valence-electron chi connectivity index (χ0n) is 12.4. The molecule has 114 valence electrons. The predicted molar refractivity (Wildman–Crippen MR) is 77.8 cm³/mol. The van der Waals surface area contributed by atoms with Crippen molar-refractivity contribution in [2.24, 2.45) is 11.3 Å². The molecule has 0 amide bonds. The summed E-state index contributed by atoms with van der Waals surface area (Å²) in [5.74, 6) is 0.445. The number of likely N-dealkylation sites (N-methyl/N-ethyl adjacent to an activating group) is 1. The summed E-state index contributed by atoms with van der Waals surface area (Å²) in [4.78, 5) is 0.243. The van der Waals surface area contributed by atoms with E-state index in [1.807, 2.05) is 6.92 Å². The highest BCUT2D eigenvalue weighted by Crippen LogP contribution is 2.51. The van der Waals surface area contributed by atoms with Crippen LogP contribution in [0.3, 0.4) is 0 Å². The third kappa shape index (κ3) is 3.80. The number of sulfonamides is 1. The molecule has 6 nitrogen and oxygen atoms in total. The molecule has 0 spiro atoms. The van der Waals surface area contributed by atoms with Crippen molar-refractivity contribution in [1.29, 1.82) is 0 Å². The van der Waals surface area contributed by atoms with Crippen LogP contribution in [-0.4, -0.2) is 37.8 Å². The van der Waals surface area contributed by atoms with E-state index in [1.54, 1.807) is 10.9 Å². The van der Waals surface area contributed by atoms with Gasteiger partial charge < -0.3 is 5.32 Å². The van der Waals surface area contributed by atoms with E-state index in [-0.39, 0.29) is 10.3 Å². The number of aromatic nitrogens is 2. The summed E-state index contributed by atoms with van der Waals surface area (Å²) in [7, 11) is -3.43. The van der Waals surface area contributed by atoms with Crippen molar-refractivity contribution in [2.45, 2.75) is 38.6 Å². The van der Waals surface area contributed by atoms with Crippen LogP contribution in [0.2, 0.25) is 0 Å². The fourth-order valence-electron chi connectivity index (χ4n) is 2.19. The largest absolute Gasteiger partial charge is 0.315 e. The second-order valence-corrected chi connectivity index (χ2v) is 7.80. The van der Waals surface area contributed by atoms with Crippen LogP contribution in [0, 0.1) is 11.3 Å². The Bertz CT molecular complexity index is 550. The molecular formula is C13H24N4O2S. The second kappa shape index (κ2) is 5.83. The molecule has 1 aliphatic carbocycles. The summed E-state index contributed by atoms with van der Waals surface area (Å²) >= 11 is 0. The monoisotopic (exact) mass is 300 g/mol. The summed E-state index contributed by atoms with van der Waals surface area (Å²) in [6.45, 7) is 9.20. The Hall–Kier alpha value is -0.920. The molecule has 1 aromatic rings. The van der Waals surface area contributed by atoms with Crippen LogP contribution in [0.5, 0.6) is 0 Å². The van der Waals surface area contributed by atoms with Crippen LogP contribution >= 0.6 is 0 Å². The minimum Gasteiger partial charge on any atom is -0.315 e. The van der Waals surface area contributed by atoms with Crippen molar-refractivity contribution in [3.63, 3.8) is 0 Å². The van der Waals surface area contributed by atoms with E-state index in [2.05, 4.69) is 29.0 Å². The summed E-state index contributed by atoms with van der Waals surface area (Å²) in [5.41, 5.74) is 0.276. The molecule has 1 saturated carbocycles. The number of hydrogen-bond acceptors (Lipinski definition) is 4. The van der Waals surface area contributed by atoms with Crippen molar-refractivity contribution in [3.8, 4) is 0 Å². The van der Waals surface area contributed by atoms with Gasteiger partial charge in [0.1, 0.15) is 4.90 Å². The van der Waals surface area contributed by atoms with Gasteiger partial charge in [0.25, 0.3) is 0 Å². The van der Waals surface area contributed by atoms with Crippen LogP contribution in [-0.2, 0) is 16.6 Å². The standard InChI is InChI=1S/C13H24N4O2S/c1-4-14-5-6-17-10-12(9-15-17)20(18,19)16-8-11-7-13(11,2)3/h9-11,14,16H,4-8H2,1-3H3. The highest BCUT2D eigenvalue weighted by atomic mass is 32.2. The lowest BCUT2D eigenvalue weighted by Crippen LogP contribution is -2.26. The number of rotatable bonds is 8. The second-order valence-electron chi connectivity index (χ2n) is 6.03. The van der Waals surface area contributed by atoms with Crippen molar-refractivity contribution in [1.82, 2.24) is 19.8 Å².